The third-order valence-electron chi connectivity index (χ3n) is 3.27. The lowest BCUT2D eigenvalue weighted by Crippen LogP contribution is -2.50. The molecule has 1 aliphatic heterocycles. The fourth-order valence-electron chi connectivity index (χ4n) is 2.24. The van der Waals surface area contributed by atoms with Gasteiger partial charge in [-0.2, -0.15) is 10.2 Å². The van der Waals surface area contributed by atoms with Gasteiger partial charge in [-0.05, 0) is 19.4 Å². The Labute approximate surface area is 111 Å². The van der Waals surface area contributed by atoms with Gasteiger partial charge in [0.15, 0.2) is 0 Å². The maximum atomic E-state index is 12.3. The molecule has 102 valence electrons. The van der Waals surface area contributed by atoms with Gasteiger partial charge in [0.1, 0.15) is 0 Å². The molecule has 0 aromatic carbocycles. The number of hydrogen-bond donors (Lipinski definition) is 1. The third kappa shape index (κ3) is 2.89. The molecule has 0 radical (unpaired) electrons. The minimum absolute atomic E-state index is 0.0717. The molecule has 1 aromatic heterocycles. The number of aryl methyl sites for hydroxylation is 2. The second-order valence-electron chi connectivity index (χ2n) is 4.87. The van der Waals surface area contributed by atoms with Crippen molar-refractivity contribution >= 4 is 11.9 Å². The predicted octanol–water partition coefficient (Wildman–Crippen LogP) is 0.894. The van der Waals surface area contributed by atoms with E-state index in [-0.39, 0.29) is 18.2 Å². The van der Waals surface area contributed by atoms with Gasteiger partial charge in [0, 0.05) is 19.0 Å². The summed E-state index contributed by atoms with van der Waals surface area (Å²) in [5.41, 5.74) is 1.99. The van der Waals surface area contributed by atoms with E-state index in [0.29, 0.717) is 36.5 Å². The molecule has 6 heteroatoms. The smallest absolute Gasteiger partial charge is 0.303 e. The first-order valence-electron chi connectivity index (χ1n) is 6.35. The highest BCUT2D eigenvalue weighted by atomic mass is 16.4. The number of hydrogen-bond acceptors (Lipinski definition) is 4. The molecule has 0 aliphatic carbocycles. The van der Waals surface area contributed by atoms with E-state index in [1.54, 1.807) is 17.9 Å². The van der Waals surface area contributed by atoms with Crippen LogP contribution in [0.5, 0.6) is 0 Å². The van der Waals surface area contributed by atoms with Crippen LogP contribution in [0.25, 0.3) is 0 Å². The number of nitrogens with zero attached hydrogens (tertiary/aromatic N) is 3. The van der Waals surface area contributed by atoms with E-state index >= 15 is 0 Å². The highest BCUT2D eigenvalue weighted by Gasteiger charge is 2.33. The van der Waals surface area contributed by atoms with Gasteiger partial charge < -0.3 is 10.0 Å². The molecule has 1 N–H and O–H groups in total. The van der Waals surface area contributed by atoms with Gasteiger partial charge in [0.2, 0.25) is 0 Å². The first-order chi connectivity index (χ1) is 9.01. The molecule has 19 heavy (non-hydrogen) atoms. The molecular weight excluding hydrogens is 246 g/mol. The molecule has 1 saturated heterocycles. The van der Waals surface area contributed by atoms with E-state index in [1.807, 2.05) is 6.92 Å². The average molecular weight is 263 g/mol. The number of amides is 1. The Bertz CT molecular complexity index is 510. The summed E-state index contributed by atoms with van der Waals surface area (Å²) in [6.07, 6.45) is 0.777. The second kappa shape index (κ2) is 5.34. The molecule has 2 heterocycles. The number of carboxylic acid groups (broad SMARTS) is 1. The highest BCUT2D eigenvalue weighted by molar-refractivity contribution is 5.95. The van der Waals surface area contributed by atoms with Gasteiger partial charge in [0.25, 0.3) is 5.91 Å². The number of likely N-dealkylation sites (tertiary alicyclic amines) is 1. The van der Waals surface area contributed by atoms with Gasteiger partial charge in [-0.25, -0.2) is 0 Å². The zero-order chi connectivity index (χ0) is 14.0. The fraction of sp³-hybridized carbons (Fsp3) is 0.538. The normalized spacial score (nSPS) is 15.2. The van der Waals surface area contributed by atoms with Crippen LogP contribution >= 0.6 is 0 Å². The lowest BCUT2D eigenvalue weighted by Gasteiger charge is -2.38. The Morgan fingerprint density at radius 1 is 1.42 bits per heavy atom. The van der Waals surface area contributed by atoms with E-state index in [1.165, 1.54) is 0 Å². The van der Waals surface area contributed by atoms with Crippen molar-refractivity contribution in [3.05, 3.63) is 23.0 Å². The van der Waals surface area contributed by atoms with Crippen molar-refractivity contribution in [1.29, 1.82) is 0 Å². The summed E-state index contributed by atoms with van der Waals surface area (Å²) in [6.45, 7) is 4.75. The standard InChI is InChI=1S/C13H17N3O3/c1-3-11-10(4-8(2)14-15-11)13(19)16-6-9(7-16)5-12(17)18/h4,9H,3,5-7H2,1-2H3,(H,17,18). The summed E-state index contributed by atoms with van der Waals surface area (Å²) in [6, 6.07) is 1.75. The van der Waals surface area contributed by atoms with Gasteiger partial charge in [-0.15, -0.1) is 0 Å². The monoisotopic (exact) mass is 263 g/mol. The predicted molar refractivity (Wildman–Crippen MR) is 67.8 cm³/mol. The van der Waals surface area contributed by atoms with Crippen molar-refractivity contribution in [3.63, 3.8) is 0 Å². The van der Waals surface area contributed by atoms with Gasteiger partial charge in [-0.1, -0.05) is 6.92 Å². The summed E-state index contributed by atoms with van der Waals surface area (Å²) in [4.78, 5) is 24.5. The molecule has 1 fully saturated rings. The van der Waals surface area contributed by atoms with Crippen molar-refractivity contribution in [1.82, 2.24) is 15.1 Å². The van der Waals surface area contributed by atoms with Crippen molar-refractivity contribution in [2.45, 2.75) is 26.7 Å². The first kappa shape index (κ1) is 13.5. The third-order valence-corrected chi connectivity index (χ3v) is 3.27. The summed E-state index contributed by atoms with van der Waals surface area (Å²) in [7, 11) is 0. The first-order valence-corrected chi connectivity index (χ1v) is 6.35. The molecular formula is C13H17N3O3. The van der Waals surface area contributed by atoms with Crippen molar-refractivity contribution in [2.75, 3.05) is 13.1 Å². The summed E-state index contributed by atoms with van der Waals surface area (Å²) in [5, 5.41) is 16.7. The molecule has 1 aliphatic rings. The molecule has 1 amide bonds. The molecule has 0 spiro atoms. The van der Waals surface area contributed by atoms with Crippen LogP contribution in [-0.4, -0.2) is 45.2 Å². The Balaban J connectivity index is 2.05. The number of carbonyl (C=O) groups is 2. The van der Waals surface area contributed by atoms with Crippen molar-refractivity contribution < 1.29 is 14.7 Å². The largest absolute Gasteiger partial charge is 0.481 e. The maximum Gasteiger partial charge on any atom is 0.303 e. The Kier molecular flexibility index (Phi) is 3.78. The molecule has 0 saturated carbocycles. The molecule has 0 atom stereocenters. The quantitative estimate of drug-likeness (QED) is 0.872. The fourth-order valence-corrected chi connectivity index (χ4v) is 2.24. The Morgan fingerprint density at radius 2 is 2.11 bits per heavy atom. The minimum atomic E-state index is -0.812. The Morgan fingerprint density at radius 3 is 2.68 bits per heavy atom. The molecule has 2 rings (SSSR count). The van der Waals surface area contributed by atoms with Crippen LogP contribution in [0.4, 0.5) is 0 Å². The number of carboxylic acids is 1. The van der Waals surface area contributed by atoms with Crippen LogP contribution in [0, 0.1) is 12.8 Å². The van der Waals surface area contributed by atoms with E-state index in [2.05, 4.69) is 10.2 Å². The van der Waals surface area contributed by atoms with Gasteiger partial charge >= 0.3 is 5.97 Å². The maximum absolute atomic E-state index is 12.3. The van der Waals surface area contributed by atoms with Crippen LogP contribution in [-0.2, 0) is 11.2 Å². The Hall–Kier alpha value is -1.98. The summed E-state index contributed by atoms with van der Waals surface area (Å²) >= 11 is 0. The number of aromatic nitrogens is 2. The van der Waals surface area contributed by atoms with Gasteiger partial charge in [0.05, 0.1) is 23.4 Å². The van der Waals surface area contributed by atoms with Crippen LogP contribution in [0.2, 0.25) is 0 Å². The van der Waals surface area contributed by atoms with E-state index in [0.717, 1.165) is 0 Å². The highest BCUT2D eigenvalue weighted by Crippen LogP contribution is 2.22. The van der Waals surface area contributed by atoms with E-state index in [4.69, 9.17) is 5.11 Å². The number of carbonyl (C=O) groups excluding carboxylic acids is 1. The van der Waals surface area contributed by atoms with Crippen LogP contribution < -0.4 is 0 Å². The van der Waals surface area contributed by atoms with Crippen LogP contribution in [0.1, 0.15) is 35.1 Å². The molecule has 1 aromatic rings. The molecule has 0 unspecified atom stereocenters. The summed E-state index contributed by atoms with van der Waals surface area (Å²) < 4.78 is 0. The van der Waals surface area contributed by atoms with Crippen LogP contribution in [0.15, 0.2) is 6.07 Å². The zero-order valence-corrected chi connectivity index (χ0v) is 11.1. The van der Waals surface area contributed by atoms with E-state index in [9.17, 15) is 9.59 Å². The lowest BCUT2D eigenvalue weighted by atomic mass is 9.95. The zero-order valence-electron chi connectivity index (χ0n) is 11.1. The van der Waals surface area contributed by atoms with Gasteiger partial charge in [-0.3, -0.25) is 9.59 Å². The molecule has 0 bridgehead atoms. The van der Waals surface area contributed by atoms with Crippen molar-refractivity contribution in [3.8, 4) is 0 Å². The summed E-state index contributed by atoms with van der Waals surface area (Å²) in [5.74, 6) is -0.813. The molecule has 6 nitrogen and oxygen atoms in total. The second-order valence-corrected chi connectivity index (χ2v) is 4.87. The minimum Gasteiger partial charge on any atom is -0.481 e. The number of aliphatic carboxylic acids is 1. The van der Waals surface area contributed by atoms with Crippen LogP contribution in [0.3, 0.4) is 0 Å². The lowest BCUT2D eigenvalue weighted by molar-refractivity contribution is -0.139. The SMILES string of the molecule is CCc1nnc(C)cc1C(=O)N1CC(CC(=O)O)C1. The average Bonchev–Trinajstić information content (AvgIpc) is 2.32. The van der Waals surface area contributed by atoms with E-state index < -0.39 is 5.97 Å². The van der Waals surface area contributed by atoms with Crippen molar-refractivity contribution in [2.24, 2.45) is 5.92 Å². The number of rotatable bonds is 4. The topological polar surface area (TPSA) is 83.4 Å².